The molecule has 3 rings (SSSR count). The van der Waals surface area contributed by atoms with Crippen molar-refractivity contribution < 1.29 is 9.59 Å². The molecule has 1 N–H and O–H groups in total. The number of carbonyl (C=O) groups is 2. The van der Waals surface area contributed by atoms with E-state index in [9.17, 15) is 9.59 Å². The van der Waals surface area contributed by atoms with Crippen molar-refractivity contribution in [2.45, 2.75) is 13.8 Å². The smallest absolute Gasteiger partial charge is 0.274 e. The van der Waals surface area contributed by atoms with Crippen LogP contribution in [0.1, 0.15) is 21.7 Å². The van der Waals surface area contributed by atoms with Crippen LogP contribution in [-0.2, 0) is 4.79 Å². The summed E-state index contributed by atoms with van der Waals surface area (Å²) < 4.78 is 1.85. The predicted molar refractivity (Wildman–Crippen MR) is 96.7 cm³/mol. The molecule has 0 bridgehead atoms. The fourth-order valence-electron chi connectivity index (χ4n) is 2.57. The number of nitrogens with zero attached hydrogens (tertiary/aromatic N) is 3. The topological polar surface area (TPSA) is 66.7 Å². The van der Waals surface area contributed by atoms with Crippen molar-refractivity contribution in [3.63, 3.8) is 0 Å². The number of hydrogen-bond acceptors (Lipinski definition) is 3. The van der Waals surface area contributed by atoms with Gasteiger partial charge < -0.3 is 14.6 Å². The van der Waals surface area contributed by atoms with E-state index < -0.39 is 0 Å². The number of likely N-dealkylation sites (N-methyl/N-ethyl adjacent to an activating group) is 1. The zero-order chi connectivity index (χ0) is 18.0. The van der Waals surface area contributed by atoms with Crippen molar-refractivity contribution in [1.82, 2.24) is 14.3 Å². The van der Waals surface area contributed by atoms with Crippen LogP contribution in [0.2, 0.25) is 0 Å². The van der Waals surface area contributed by atoms with Crippen LogP contribution in [0.5, 0.6) is 0 Å². The zero-order valence-electron chi connectivity index (χ0n) is 14.5. The van der Waals surface area contributed by atoms with Crippen molar-refractivity contribution in [2.75, 3.05) is 18.9 Å². The molecule has 128 valence electrons. The van der Waals surface area contributed by atoms with Crippen molar-refractivity contribution in [2.24, 2.45) is 0 Å². The molecular weight excluding hydrogens is 316 g/mol. The van der Waals surface area contributed by atoms with Gasteiger partial charge in [0.05, 0.1) is 6.54 Å². The molecule has 2 heterocycles. The van der Waals surface area contributed by atoms with Gasteiger partial charge >= 0.3 is 0 Å². The van der Waals surface area contributed by atoms with Crippen molar-refractivity contribution >= 4 is 23.1 Å². The molecule has 0 unspecified atom stereocenters. The molecule has 2 aromatic heterocycles. The summed E-state index contributed by atoms with van der Waals surface area (Å²) in [4.78, 5) is 30.4. The molecule has 1 aromatic carbocycles. The number of aromatic nitrogens is 2. The van der Waals surface area contributed by atoms with Gasteiger partial charge in [0, 0.05) is 24.6 Å². The summed E-state index contributed by atoms with van der Waals surface area (Å²) in [6.45, 7) is 3.88. The Labute approximate surface area is 146 Å². The van der Waals surface area contributed by atoms with E-state index in [1.165, 1.54) is 4.90 Å². The van der Waals surface area contributed by atoms with Crippen molar-refractivity contribution in [1.29, 1.82) is 0 Å². The quantitative estimate of drug-likeness (QED) is 0.796. The van der Waals surface area contributed by atoms with Gasteiger partial charge in [-0.25, -0.2) is 4.98 Å². The van der Waals surface area contributed by atoms with E-state index in [0.29, 0.717) is 17.0 Å². The second-order valence-corrected chi connectivity index (χ2v) is 6.10. The largest absolute Gasteiger partial charge is 0.331 e. The highest BCUT2D eigenvalue weighted by Gasteiger charge is 2.18. The van der Waals surface area contributed by atoms with E-state index in [0.717, 1.165) is 11.3 Å². The maximum absolute atomic E-state index is 12.5. The number of anilines is 1. The van der Waals surface area contributed by atoms with E-state index in [2.05, 4.69) is 10.3 Å². The summed E-state index contributed by atoms with van der Waals surface area (Å²) in [6, 6.07) is 13.2. The number of aryl methyl sites for hydroxylation is 2. The molecule has 2 amide bonds. The highest BCUT2D eigenvalue weighted by atomic mass is 16.2. The summed E-state index contributed by atoms with van der Waals surface area (Å²) in [5.74, 6) is -0.540. The summed E-state index contributed by atoms with van der Waals surface area (Å²) in [5, 5.41) is 2.78. The number of carbonyl (C=O) groups excluding carboxylic acids is 2. The lowest BCUT2D eigenvalue weighted by molar-refractivity contribution is -0.116. The Balaban J connectivity index is 1.68. The molecule has 6 nitrogen and oxygen atoms in total. The molecule has 0 aliphatic rings. The molecule has 0 fully saturated rings. The Bertz CT molecular complexity index is 928. The SMILES string of the molecule is Cc1ccc(NC(=O)CN(C)C(=O)c2cn3c(C)cccc3n2)cc1. The molecule has 3 aromatic rings. The molecule has 0 aliphatic heterocycles. The number of fused-ring (bicyclic) bond motifs is 1. The minimum absolute atomic E-state index is 0.0421. The van der Waals surface area contributed by atoms with Crippen molar-refractivity contribution in [3.05, 3.63) is 65.6 Å². The number of amides is 2. The molecule has 0 atom stereocenters. The lowest BCUT2D eigenvalue weighted by Gasteiger charge is -2.15. The highest BCUT2D eigenvalue weighted by Crippen LogP contribution is 2.11. The van der Waals surface area contributed by atoms with E-state index in [1.807, 2.05) is 60.7 Å². The first-order valence-electron chi connectivity index (χ1n) is 8.01. The fourth-order valence-corrected chi connectivity index (χ4v) is 2.57. The second kappa shape index (κ2) is 6.76. The van der Waals surface area contributed by atoms with Crippen LogP contribution in [0.15, 0.2) is 48.7 Å². The first-order chi connectivity index (χ1) is 11.9. The van der Waals surface area contributed by atoms with Gasteiger partial charge in [-0.05, 0) is 38.1 Å². The van der Waals surface area contributed by atoms with Gasteiger partial charge in [-0.15, -0.1) is 0 Å². The van der Waals surface area contributed by atoms with Crippen LogP contribution in [0.25, 0.3) is 5.65 Å². The number of hydrogen-bond donors (Lipinski definition) is 1. The molecule has 0 saturated heterocycles. The number of nitrogens with one attached hydrogen (secondary N) is 1. The molecule has 6 heteroatoms. The van der Waals surface area contributed by atoms with Crippen LogP contribution in [0.3, 0.4) is 0 Å². The van der Waals surface area contributed by atoms with Gasteiger partial charge in [0.25, 0.3) is 5.91 Å². The number of benzene rings is 1. The Morgan fingerprint density at radius 3 is 2.52 bits per heavy atom. The van der Waals surface area contributed by atoms with Gasteiger partial charge in [0.1, 0.15) is 11.3 Å². The van der Waals surface area contributed by atoms with Crippen LogP contribution < -0.4 is 5.32 Å². The normalized spacial score (nSPS) is 10.7. The van der Waals surface area contributed by atoms with Gasteiger partial charge in [-0.2, -0.15) is 0 Å². The van der Waals surface area contributed by atoms with Crippen LogP contribution >= 0.6 is 0 Å². The third-order valence-corrected chi connectivity index (χ3v) is 3.98. The molecule has 0 aliphatic carbocycles. The van der Waals surface area contributed by atoms with Gasteiger partial charge in [-0.3, -0.25) is 9.59 Å². The Morgan fingerprint density at radius 1 is 1.12 bits per heavy atom. The van der Waals surface area contributed by atoms with E-state index in [-0.39, 0.29) is 18.4 Å². The third-order valence-electron chi connectivity index (χ3n) is 3.98. The summed E-state index contributed by atoms with van der Waals surface area (Å²) in [7, 11) is 1.59. The van der Waals surface area contributed by atoms with E-state index in [4.69, 9.17) is 0 Å². The molecule has 0 radical (unpaired) electrons. The minimum atomic E-state index is -0.290. The minimum Gasteiger partial charge on any atom is -0.331 e. The van der Waals surface area contributed by atoms with Crippen LogP contribution in [-0.4, -0.2) is 39.7 Å². The van der Waals surface area contributed by atoms with Gasteiger partial charge in [0.15, 0.2) is 0 Å². The first kappa shape index (κ1) is 16.7. The van der Waals surface area contributed by atoms with E-state index >= 15 is 0 Å². The zero-order valence-corrected chi connectivity index (χ0v) is 14.5. The summed E-state index contributed by atoms with van der Waals surface area (Å²) >= 11 is 0. The Morgan fingerprint density at radius 2 is 1.84 bits per heavy atom. The molecular formula is C19H20N4O2. The average Bonchev–Trinajstić information content (AvgIpc) is 3.02. The molecule has 0 saturated carbocycles. The van der Waals surface area contributed by atoms with E-state index in [1.54, 1.807) is 13.2 Å². The second-order valence-electron chi connectivity index (χ2n) is 6.10. The Kier molecular flexibility index (Phi) is 4.52. The number of imidazole rings is 1. The summed E-state index contributed by atoms with van der Waals surface area (Å²) in [6.07, 6.45) is 1.70. The fraction of sp³-hybridized carbons (Fsp3) is 0.211. The number of pyridine rings is 1. The standard InChI is InChI=1S/C19H20N4O2/c1-13-7-9-15(10-8-13)20-18(24)12-22(3)19(25)16-11-23-14(2)5-4-6-17(23)21-16/h4-11H,12H2,1-3H3,(H,20,24). The summed E-state index contributed by atoms with van der Waals surface area (Å²) in [5.41, 5.74) is 3.84. The van der Waals surface area contributed by atoms with Crippen LogP contribution in [0.4, 0.5) is 5.69 Å². The molecule has 25 heavy (non-hydrogen) atoms. The maximum Gasteiger partial charge on any atom is 0.274 e. The first-order valence-corrected chi connectivity index (χ1v) is 8.01. The monoisotopic (exact) mass is 336 g/mol. The average molecular weight is 336 g/mol. The highest BCUT2D eigenvalue weighted by molar-refractivity contribution is 5.98. The van der Waals surface area contributed by atoms with Crippen LogP contribution in [0, 0.1) is 13.8 Å². The Hall–Kier alpha value is -3.15. The van der Waals surface area contributed by atoms with Crippen molar-refractivity contribution in [3.8, 4) is 0 Å². The lowest BCUT2D eigenvalue weighted by Crippen LogP contribution is -2.35. The maximum atomic E-state index is 12.5. The van der Waals surface area contributed by atoms with Gasteiger partial charge in [0.2, 0.25) is 5.91 Å². The predicted octanol–water partition coefficient (Wildman–Crippen LogP) is 2.66. The van der Waals surface area contributed by atoms with Gasteiger partial charge in [-0.1, -0.05) is 23.8 Å². The lowest BCUT2D eigenvalue weighted by atomic mass is 10.2. The molecule has 0 spiro atoms. The third kappa shape index (κ3) is 3.68. The number of rotatable bonds is 4.